The highest BCUT2D eigenvalue weighted by Gasteiger charge is 2.49. The Kier molecular flexibility index (Phi) is 4.19. The Bertz CT molecular complexity index is 1110. The number of benzene rings is 2. The van der Waals surface area contributed by atoms with Crippen molar-refractivity contribution in [3.05, 3.63) is 77.0 Å². The summed E-state index contributed by atoms with van der Waals surface area (Å²) in [5.41, 5.74) is 13.8. The average Bonchev–Trinajstić information content (AvgIpc) is 3.14. The smallest absolute Gasteiger partial charge is 0.0589 e. The first kappa shape index (κ1) is 18.4. The number of nitrogens with one attached hydrogen (secondary N) is 1. The van der Waals surface area contributed by atoms with E-state index >= 15 is 0 Å². The van der Waals surface area contributed by atoms with Gasteiger partial charge >= 0.3 is 0 Å². The van der Waals surface area contributed by atoms with Crippen LogP contribution in [0.5, 0.6) is 0 Å². The van der Waals surface area contributed by atoms with Crippen LogP contribution >= 0.6 is 0 Å². The van der Waals surface area contributed by atoms with E-state index in [0.29, 0.717) is 5.92 Å². The van der Waals surface area contributed by atoms with Gasteiger partial charge in [0.1, 0.15) is 0 Å². The van der Waals surface area contributed by atoms with Gasteiger partial charge in [0.15, 0.2) is 0 Å². The molecular formula is C27H31N3. The molecule has 1 aliphatic carbocycles. The van der Waals surface area contributed by atoms with Crippen molar-refractivity contribution in [3.63, 3.8) is 0 Å². The maximum Gasteiger partial charge on any atom is 0.0589 e. The molecule has 2 aromatic carbocycles. The SMILES string of the molecule is CC12CC3CC(N)/C(=C/c4ccccc4)CC3CN1CCc1c2[nH]c2ccccc12. The molecule has 4 unspecified atom stereocenters. The molecule has 0 amide bonds. The van der Waals surface area contributed by atoms with Gasteiger partial charge in [-0.1, -0.05) is 60.2 Å². The summed E-state index contributed by atoms with van der Waals surface area (Å²) < 4.78 is 0. The zero-order chi connectivity index (χ0) is 20.3. The first-order valence-corrected chi connectivity index (χ1v) is 11.5. The predicted octanol–water partition coefficient (Wildman–Crippen LogP) is 5.08. The van der Waals surface area contributed by atoms with Crippen molar-refractivity contribution in [2.75, 3.05) is 13.1 Å². The van der Waals surface area contributed by atoms with Crippen molar-refractivity contribution < 1.29 is 0 Å². The van der Waals surface area contributed by atoms with Crippen molar-refractivity contribution in [1.82, 2.24) is 9.88 Å². The normalized spacial score (nSPS) is 32.6. The van der Waals surface area contributed by atoms with Crippen LogP contribution in [0.4, 0.5) is 0 Å². The van der Waals surface area contributed by atoms with Crippen LogP contribution in [0.15, 0.2) is 60.2 Å². The molecule has 3 N–H and O–H groups in total. The van der Waals surface area contributed by atoms with Gasteiger partial charge in [0, 0.05) is 35.7 Å². The Balaban J connectivity index is 1.32. The summed E-state index contributed by atoms with van der Waals surface area (Å²) in [5.74, 6) is 1.42. The Labute approximate surface area is 179 Å². The van der Waals surface area contributed by atoms with E-state index in [0.717, 1.165) is 25.2 Å². The summed E-state index contributed by atoms with van der Waals surface area (Å²) in [6.45, 7) is 4.82. The van der Waals surface area contributed by atoms with Crippen LogP contribution in [0.2, 0.25) is 0 Å². The second-order valence-corrected chi connectivity index (χ2v) is 9.89. The molecule has 1 saturated carbocycles. The third-order valence-electron chi connectivity index (χ3n) is 8.15. The first-order chi connectivity index (χ1) is 14.6. The molecule has 3 aromatic rings. The fourth-order valence-electron chi connectivity index (χ4n) is 6.57. The molecule has 1 saturated heterocycles. The van der Waals surface area contributed by atoms with Crippen LogP contribution < -0.4 is 5.73 Å². The number of nitrogens with two attached hydrogens (primary N) is 1. The number of piperidine rings is 1. The maximum absolute atomic E-state index is 6.71. The van der Waals surface area contributed by atoms with E-state index < -0.39 is 0 Å². The zero-order valence-electron chi connectivity index (χ0n) is 17.8. The monoisotopic (exact) mass is 397 g/mol. The minimum atomic E-state index is 0.105. The van der Waals surface area contributed by atoms with Crippen LogP contribution in [0.1, 0.15) is 43.0 Å². The molecule has 3 aliphatic rings. The highest BCUT2D eigenvalue weighted by atomic mass is 15.2. The largest absolute Gasteiger partial charge is 0.357 e. The molecule has 4 atom stereocenters. The fraction of sp³-hybridized carbons (Fsp3) is 0.407. The van der Waals surface area contributed by atoms with E-state index in [1.165, 1.54) is 47.2 Å². The molecule has 0 bridgehead atoms. The molecule has 1 aromatic heterocycles. The Hall–Kier alpha value is -2.36. The quantitative estimate of drug-likeness (QED) is 0.601. The number of hydrogen-bond acceptors (Lipinski definition) is 2. The van der Waals surface area contributed by atoms with Crippen LogP contribution in [0.3, 0.4) is 0 Å². The van der Waals surface area contributed by atoms with E-state index in [9.17, 15) is 0 Å². The van der Waals surface area contributed by atoms with E-state index in [1.807, 2.05) is 0 Å². The van der Waals surface area contributed by atoms with Gasteiger partial charge < -0.3 is 10.7 Å². The van der Waals surface area contributed by atoms with E-state index in [-0.39, 0.29) is 11.6 Å². The Morgan fingerprint density at radius 2 is 1.87 bits per heavy atom. The third kappa shape index (κ3) is 2.79. The van der Waals surface area contributed by atoms with E-state index in [2.05, 4.69) is 77.5 Å². The number of hydrogen-bond donors (Lipinski definition) is 2. The lowest BCUT2D eigenvalue weighted by atomic mass is 9.64. The van der Waals surface area contributed by atoms with Gasteiger partial charge in [0.05, 0.1) is 5.54 Å². The highest BCUT2D eigenvalue weighted by Crippen LogP contribution is 2.51. The van der Waals surface area contributed by atoms with Gasteiger partial charge in [-0.05, 0) is 61.6 Å². The molecule has 2 fully saturated rings. The number of fused-ring (bicyclic) bond motifs is 6. The Morgan fingerprint density at radius 1 is 1.07 bits per heavy atom. The second-order valence-electron chi connectivity index (χ2n) is 9.89. The van der Waals surface area contributed by atoms with Crippen LogP contribution in [-0.4, -0.2) is 29.0 Å². The minimum absolute atomic E-state index is 0.105. The summed E-state index contributed by atoms with van der Waals surface area (Å²) in [5, 5.41) is 1.42. The first-order valence-electron chi connectivity index (χ1n) is 11.5. The number of aromatic nitrogens is 1. The zero-order valence-corrected chi connectivity index (χ0v) is 17.8. The number of aromatic amines is 1. The van der Waals surface area contributed by atoms with Gasteiger partial charge in [-0.15, -0.1) is 0 Å². The molecule has 3 heterocycles. The summed E-state index contributed by atoms with van der Waals surface area (Å²) in [4.78, 5) is 6.59. The molecule has 2 aliphatic heterocycles. The molecular weight excluding hydrogens is 366 g/mol. The lowest BCUT2D eigenvalue weighted by molar-refractivity contribution is -0.0264. The molecule has 30 heavy (non-hydrogen) atoms. The van der Waals surface area contributed by atoms with Crippen molar-refractivity contribution >= 4 is 17.0 Å². The molecule has 0 radical (unpaired) electrons. The maximum atomic E-state index is 6.71. The van der Waals surface area contributed by atoms with Gasteiger partial charge in [-0.25, -0.2) is 0 Å². The van der Waals surface area contributed by atoms with Gasteiger partial charge in [0.25, 0.3) is 0 Å². The number of H-pyrrole nitrogens is 1. The summed E-state index contributed by atoms with van der Waals surface area (Å²) in [7, 11) is 0. The van der Waals surface area contributed by atoms with Crippen molar-refractivity contribution in [2.24, 2.45) is 17.6 Å². The van der Waals surface area contributed by atoms with Gasteiger partial charge in [-0.2, -0.15) is 0 Å². The standard InChI is InChI=1S/C27H31N3/c1-27-16-20-15-24(28)19(13-18-7-3-2-4-8-18)14-21(20)17-30(27)12-11-23-22-9-5-6-10-25(22)29-26(23)27/h2-10,13,20-21,24,29H,11-12,14-17,28H2,1H3/b19-13+. The molecule has 3 heteroatoms. The summed E-state index contributed by atoms with van der Waals surface area (Å²) in [6.07, 6.45) is 6.97. The van der Waals surface area contributed by atoms with Gasteiger partial charge in [0.2, 0.25) is 0 Å². The predicted molar refractivity (Wildman–Crippen MR) is 124 cm³/mol. The lowest BCUT2D eigenvalue weighted by Gasteiger charge is -2.55. The summed E-state index contributed by atoms with van der Waals surface area (Å²) in [6, 6.07) is 19.7. The van der Waals surface area contributed by atoms with Gasteiger partial charge in [-0.3, -0.25) is 4.90 Å². The third-order valence-corrected chi connectivity index (χ3v) is 8.15. The Morgan fingerprint density at radius 3 is 2.73 bits per heavy atom. The molecule has 0 spiro atoms. The van der Waals surface area contributed by atoms with Crippen molar-refractivity contribution in [1.29, 1.82) is 0 Å². The van der Waals surface area contributed by atoms with E-state index in [1.54, 1.807) is 5.56 Å². The van der Waals surface area contributed by atoms with Crippen molar-refractivity contribution in [3.8, 4) is 0 Å². The van der Waals surface area contributed by atoms with Crippen LogP contribution in [-0.2, 0) is 12.0 Å². The second kappa shape index (κ2) is 6.83. The highest BCUT2D eigenvalue weighted by molar-refractivity contribution is 5.85. The number of para-hydroxylation sites is 1. The average molecular weight is 398 g/mol. The molecule has 154 valence electrons. The minimum Gasteiger partial charge on any atom is -0.357 e. The van der Waals surface area contributed by atoms with E-state index in [4.69, 9.17) is 5.73 Å². The number of rotatable bonds is 1. The molecule has 6 rings (SSSR count). The summed E-state index contributed by atoms with van der Waals surface area (Å²) >= 11 is 0. The van der Waals surface area contributed by atoms with Crippen LogP contribution in [0, 0.1) is 11.8 Å². The fourth-order valence-corrected chi connectivity index (χ4v) is 6.57. The van der Waals surface area contributed by atoms with Crippen molar-refractivity contribution in [2.45, 2.75) is 44.2 Å². The topological polar surface area (TPSA) is 45.0 Å². The lowest BCUT2D eigenvalue weighted by Crippen LogP contribution is -2.58. The molecule has 3 nitrogen and oxygen atoms in total. The van der Waals surface area contributed by atoms with Crippen LogP contribution in [0.25, 0.3) is 17.0 Å². The number of nitrogens with zero attached hydrogens (tertiary/aromatic N) is 1.